The lowest BCUT2D eigenvalue weighted by Crippen LogP contribution is -2.28. The lowest BCUT2D eigenvalue weighted by molar-refractivity contribution is -0.142. The normalized spacial score (nSPS) is 10.1. The van der Waals surface area contributed by atoms with Crippen LogP contribution < -0.4 is 5.32 Å². The van der Waals surface area contributed by atoms with Crippen LogP contribution in [0.3, 0.4) is 0 Å². The van der Waals surface area contributed by atoms with Crippen molar-refractivity contribution < 1.29 is 14.3 Å². The fourth-order valence-electron chi connectivity index (χ4n) is 1.23. The summed E-state index contributed by atoms with van der Waals surface area (Å²) in [6, 6.07) is 4.05. The minimum atomic E-state index is -0.274. The Morgan fingerprint density at radius 2 is 2.33 bits per heavy atom. The molecule has 0 unspecified atom stereocenters. The van der Waals surface area contributed by atoms with E-state index in [1.165, 1.54) is 4.88 Å². The van der Waals surface area contributed by atoms with Crippen molar-refractivity contribution in [3.63, 3.8) is 0 Å². The summed E-state index contributed by atoms with van der Waals surface area (Å²) < 4.78 is 4.76. The van der Waals surface area contributed by atoms with Crippen molar-refractivity contribution in [2.45, 2.75) is 19.1 Å². The Kier molecular flexibility index (Phi) is 7.52. The number of rotatable bonds is 8. The molecule has 4 nitrogen and oxygen atoms in total. The van der Waals surface area contributed by atoms with Gasteiger partial charge in [0.1, 0.15) is 0 Å². The Bertz CT molecular complexity index is 365. The first kappa shape index (κ1) is 15.0. The average molecular weight is 287 g/mol. The predicted molar refractivity (Wildman–Crippen MR) is 74.7 cm³/mol. The Morgan fingerprint density at radius 3 is 3.00 bits per heavy atom. The van der Waals surface area contributed by atoms with Crippen molar-refractivity contribution in [1.29, 1.82) is 0 Å². The van der Waals surface area contributed by atoms with Gasteiger partial charge >= 0.3 is 5.97 Å². The number of carbonyl (C=O) groups is 2. The summed E-state index contributed by atoms with van der Waals surface area (Å²) in [4.78, 5) is 23.7. The van der Waals surface area contributed by atoms with E-state index in [4.69, 9.17) is 4.74 Å². The number of nitrogens with one attached hydrogen (secondary N) is 1. The van der Waals surface area contributed by atoms with E-state index in [0.29, 0.717) is 18.9 Å². The maximum absolute atomic E-state index is 11.4. The monoisotopic (exact) mass is 287 g/mol. The van der Waals surface area contributed by atoms with Gasteiger partial charge in [-0.05, 0) is 18.4 Å². The van der Waals surface area contributed by atoms with Crippen LogP contribution in [0.25, 0.3) is 0 Å². The summed E-state index contributed by atoms with van der Waals surface area (Å²) >= 11 is 3.26. The van der Waals surface area contributed by atoms with Crippen LogP contribution in [0.2, 0.25) is 0 Å². The maximum Gasteiger partial charge on any atom is 0.307 e. The number of thioether (sulfide) groups is 1. The first-order chi connectivity index (χ1) is 8.72. The smallest absolute Gasteiger partial charge is 0.307 e. The molecule has 0 aliphatic carbocycles. The van der Waals surface area contributed by atoms with E-state index in [1.807, 2.05) is 11.4 Å². The molecule has 1 aromatic heterocycles. The summed E-state index contributed by atoms with van der Waals surface area (Å²) in [6.07, 6.45) is 0.231. The highest BCUT2D eigenvalue weighted by Crippen LogP contribution is 2.16. The molecule has 0 bridgehead atoms. The molecule has 0 aliphatic rings. The number of hydrogen-bond donors (Lipinski definition) is 1. The molecule has 0 radical (unpaired) electrons. The summed E-state index contributed by atoms with van der Waals surface area (Å²) in [7, 11) is 0. The van der Waals surface area contributed by atoms with Crippen LogP contribution in [0, 0.1) is 0 Å². The van der Waals surface area contributed by atoms with Gasteiger partial charge in [-0.25, -0.2) is 0 Å². The second kappa shape index (κ2) is 8.99. The number of thiophene rings is 1. The highest BCUT2D eigenvalue weighted by Gasteiger charge is 2.05. The van der Waals surface area contributed by atoms with E-state index in [-0.39, 0.29) is 18.3 Å². The van der Waals surface area contributed by atoms with Crippen LogP contribution in [0.1, 0.15) is 18.2 Å². The van der Waals surface area contributed by atoms with Crippen LogP contribution in [-0.2, 0) is 20.1 Å². The zero-order valence-electron chi connectivity index (χ0n) is 10.3. The zero-order chi connectivity index (χ0) is 13.2. The average Bonchev–Trinajstić information content (AvgIpc) is 2.82. The summed E-state index contributed by atoms with van der Waals surface area (Å²) in [6.45, 7) is 2.48. The van der Waals surface area contributed by atoms with Gasteiger partial charge < -0.3 is 10.1 Å². The van der Waals surface area contributed by atoms with Gasteiger partial charge in [0.25, 0.3) is 0 Å². The SMILES string of the molecule is CCOC(=O)CCNC(=O)CSCc1cccs1. The van der Waals surface area contributed by atoms with E-state index in [0.717, 1.165) is 5.75 Å². The minimum absolute atomic E-state index is 0.0409. The number of amides is 1. The lowest BCUT2D eigenvalue weighted by atomic mass is 10.4. The molecule has 6 heteroatoms. The maximum atomic E-state index is 11.4. The second-order valence-electron chi connectivity index (χ2n) is 3.48. The third-order valence-electron chi connectivity index (χ3n) is 2.01. The van der Waals surface area contributed by atoms with Crippen LogP contribution in [0.15, 0.2) is 17.5 Å². The van der Waals surface area contributed by atoms with Crippen LogP contribution in [-0.4, -0.2) is 30.8 Å². The summed E-state index contributed by atoms with van der Waals surface area (Å²) in [5, 5.41) is 4.72. The Balaban J connectivity index is 2.02. The zero-order valence-corrected chi connectivity index (χ0v) is 11.9. The van der Waals surface area contributed by atoms with E-state index in [1.54, 1.807) is 30.0 Å². The molecule has 0 saturated heterocycles. The van der Waals surface area contributed by atoms with E-state index < -0.39 is 0 Å². The molecule has 0 fully saturated rings. The molecule has 1 amide bonds. The minimum Gasteiger partial charge on any atom is -0.466 e. The lowest BCUT2D eigenvalue weighted by Gasteiger charge is -2.04. The van der Waals surface area contributed by atoms with Crippen LogP contribution in [0.4, 0.5) is 0 Å². The molecule has 1 aromatic rings. The molecule has 1 rings (SSSR count). The van der Waals surface area contributed by atoms with Gasteiger partial charge in [0.05, 0.1) is 18.8 Å². The van der Waals surface area contributed by atoms with Gasteiger partial charge in [-0.15, -0.1) is 23.1 Å². The van der Waals surface area contributed by atoms with E-state index in [2.05, 4.69) is 11.4 Å². The topological polar surface area (TPSA) is 55.4 Å². The van der Waals surface area contributed by atoms with Gasteiger partial charge in [-0.2, -0.15) is 0 Å². The predicted octanol–water partition coefficient (Wildman–Crippen LogP) is 2.05. The van der Waals surface area contributed by atoms with Gasteiger partial charge in [-0.3, -0.25) is 9.59 Å². The van der Waals surface area contributed by atoms with Crippen LogP contribution >= 0.6 is 23.1 Å². The quantitative estimate of drug-likeness (QED) is 0.744. The molecule has 18 heavy (non-hydrogen) atoms. The third kappa shape index (κ3) is 6.66. The van der Waals surface area contributed by atoms with E-state index in [9.17, 15) is 9.59 Å². The number of carbonyl (C=O) groups excluding carboxylic acids is 2. The fourth-order valence-corrected chi connectivity index (χ4v) is 2.93. The van der Waals surface area contributed by atoms with Crippen molar-refractivity contribution >= 4 is 35.0 Å². The van der Waals surface area contributed by atoms with Crippen molar-refractivity contribution in [3.8, 4) is 0 Å². The van der Waals surface area contributed by atoms with Gasteiger partial charge in [0.2, 0.25) is 5.91 Å². The van der Waals surface area contributed by atoms with Crippen molar-refractivity contribution in [1.82, 2.24) is 5.32 Å². The molecule has 0 saturated carbocycles. The highest BCUT2D eigenvalue weighted by molar-refractivity contribution is 7.99. The standard InChI is InChI=1S/C12H17NO3S2/c1-2-16-12(15)5-6-13-11(14)9-17-8-10-4-3-7-18-10/h3-4,7H,2,5-6,8-9H2,1H3,(H,13,14). The van der Waals surface area contributed by atoms with Crippen LogP contribution in [0.5, 0.6) is 0 Å². The summed E-state index contributed by atoms with van der Waals surface area (Å²) in [5.41, 5.74) is 0. The number of ether oxygens (including phenoxy) is 1. The second-order valence-corrected chi connectivity index (χ2v) is 5.49. The molecular formula is C12H17NO3S2. The Labute approximate surface area is 115 Å². The largest absolute Gasteiger partial charge is 0.466 e. The molecular weight excluding hydrogens is 270 g/mol. The highest BCUT2D eigenvalue weighted by atomic mass is 32.2. The van der Waals surface area contributed by atoms with Gasteiger partial charge in [0.15, 0.2) is 0 Å². The number of hydrogen-bond acceptors (Lipinski definition) is 5. The fraction of sp³-hybridized carbons (Fsp3) is 0.500. The van der Waals surface area contributed by atoms with Crippen molar-refractivity contribution in [2.75, 3.05) is 18.9 Å². The molecule has 0 aliphatic heterocycles. The molecule has 0 spiro atoms. The summed E-state index contributed by atoms with van der Waals surface area (Å²) in [5.74, 6) is 0.953. The Morgan fingerprint density at radius 1 is 1.50 bits per heavy atom. The number of esters is 1. The molecule has 0 atom stereocenters. The first-order valence-electron chi connectivity index (χ1n) is 5.74. The third-order valence-corrected chi connectivity index (χ3v) is 4.05. The molecule has 1 heterocycles. The van der Waals surface area contributed by atoms with Gasteiger partial charge in [-0.1, -0.05) is 6.07 Å². The van der Waals surface area contributed by atoms with E-state index >= 15 is 0 Å². The Hall–Kier alpha value is -1.01. The van der Waals surface area contributed by atoms with Crippen molar-refractivity contribution in [3.05, 3.63) is 22.4 Å². The molecule has 0 aromatic carbocycles. The molecule has 1 N–H and O–H groups in total. The molecule has 100 valence electrons. The van der Waals surface area contributed by atoms with Gasteiger partial charge in [0, 0.05) is 17.2 Å². The first-order valence-corrected chi connectivity index (χ1v) is 7.78. The van der Waals surface area contributed by atoms with Crippen molar-refractivity contribution in [2.24, 2.45) is 0 Å².